The summed E-state index contributed by atoms with van der Waals surface area (Å²) >= 11 is 0. The van der Waals surface area contributed by atoms with Gasteiger partial charge in [0.2, 0.25) is 5.91 Å². The molecule has 0 saturated carbocycles. The fourth-order valence-electron chi connectivity index (χ4n) is 4.76. The number of nitrogens with zero attached hydrogens (tertiary/aromatic N) is 5. The number of carbonyl (C=O) groups is 2. The summed E-state index contributed by atoms with van der Waals surface area (Å²) in [6.07, 6.45) is 6.33. The summed E-state index contributed by atoms with van der Waals surface area (Å²) in [5.74, 6) is -0.183. The van der Waals surface area contributed by atoms with Gasteiger partial charge in [-0.25, -0.2) is 4.98 Å². The van der Waals surface area contributed by atoms with Crippen LogP contribution in [0.1, 0.15) is 41.9 Å². The second kappa shape index (κ2) is 7.48. The SMILES string of the molecule is O=C(c1cnc2ccccc2n1)N1CCCC12CCCN(Cc1ccccn1)C2=O. The van der Waals surface area contributed by atoms with E-state index < -0.39 is 5.54 Å². The summed E-state index contributed by atoms with van der Waals surface area (Å²) < 4.78 is 0. The quantitative estimate of drug-likeness (QED) is 0.674. The van der Waals surface area contributed by atoms with Gasteiger partial charge in [-0.3, -0.25) is 19.6 Å². The highest BCUT2D eigenvalue weighted by molar-refractivity contribution is 5.99. The van der Waals surface area contributed by atoms with Crippen molar-refractivity contribution in [2.75, 3.05) is 13.1 Å². The molecule has 3 aromatic rings. The van der Waals surface area contributed by atoms with Crippen LogP contribution in [0.25, 0.3) is 11.0 Å². The van der Waals surface area contributed by atoms with Crippen LogP contribution in [-0.4, -0.2) is 55.2 Å². The third kappa shape index (κ3) is 3.10. The van der Waals surface area contributed by atoms with E-state index in [1.807, 2.05) is 47.4 Å². The van der Waals surface area contributed by atoms with Crippen LogP contribution in [0.3, 0.4) is 0 Å². The summed E-state index contributed by atoms with van der Waals surface area (Å²) in [4.78, 5) is 43.9. The van der Waals surface area contributed by atoms with Crippen molar-refractivity contribution in [3.8, 4) is 0 Å². The Balaban J connectivity index is 1.43. The Kier molecular flexibility index (Phi) is 4.65. The molecule has 4 heterocycles. The summed E-state index contributed by atoms with van der Waals surface area (Å²) in [6, 6.07) is 13.2. The molecule has 2 aromatic heterocycles. The van der Waals surface area contributed by atoms with E-state index in [0.29, 0.717) is 43.7 Å². The molecule has 1 atom stereocenters. The minimum absolute atomic E-state index is 0.0269. The van der Waals surface area contributed by atoms with Crippen LogP contribution in [-0.2, 0) is 11.3 Å². The van der Waals surface area contributed by atoms with Crippen molar-refractivity contribution in [1.29, 1.82) is 0 Å². The second-order valence-corrected chi connectivity index (χ2v) is 7.99. The lowest BCUT2D eigenvalue weighted by atomic mass is 9.85. The Hall–Kier alpha value is -3.35. The van der Waals surface area contributed by atoms with Crippen LogP contribution < -0.4 is 0 Å². The van der Waals surface area contributed by atoms with Crippen LogP contribution in [0.2, 0.25) is 0 Å². The first-order valence-electron chi connectivity index (χ1n) is 10.4. The first kappa shape index (κ1) is 18.7. The van der Waals surface area contributed by atoms with Gasteiger partial charge in [-0.2, -0.15) is 0 Å². The van der Waals surface area contributed by atoms with Gasteiger partial charge in [0.25, 0.3) is 5.91 Å². The van der Waals surface area contributed by atoms with Crippen LogP contribution in [0.15, 0.2) is 54.9 Å². The van der Waals surface area contributed by atoms with Crippen molar-refractivity contribution >= 4 is 22.8 Å². The Labute approximate surface area is 174 Å². The number of piperidine rings is 1. The molecule has 5 rings (SSSR count). The number of pyridine rings is 1. The Morgan fingerprint density at radius 1 is 0.967 bits per heavy atom. The molecule has 7 heteroatoms. The van der Waals surface area contributed by atoms with E-state index in [1.165, 1.54) is 6.20 Å². The highest BCUT2D eigenvalue weighted by Gasteiger charge is 2.53. The zero-order chi connectivity index (χ0) is 20.6. The Bertz CT molecular complexity index is 1100. The highest BCUT2D eigenvalue weighted by Crippen LogP contribution is 2.39. The lowest BCUT2D eigenvalue weighted by molar-refractivity contribution is -0.146. The lowest BCUT2D eigenvalue weighted by Gasteiger charge is -2.44. The first-order valence-corrected chi connectivity index (χ1v) is 10.4. The molecule has 0 radical (unpaired) electrons. The lowest BCUT2D eigenvalue weighted by Crippen LogP contribution is -2.61. The Morgan fingerprint density at radius 3 is 2.53 bits per heavy atom. The largest absolute Gasteiger partial charge is 0.335 e. The fourth-order valence-corrected chi connectivity index (χ4v) is 4.76. The monoisotopic (exact) mass is 401 g/mol. The molecular formula is C23H23N5O2. The molecule has 30 heavy (non-hydrogen) atoms. The molecule has 0 aliphatic carbocycles. The maximum absolute atomic E-state index is 13.6. The summed E-state index contributed by atoms with van der Waals surface area (Å²) in [6.45, 7) is 1.73. The smallest absolute Gasteiger partial charge is 0.274 e. The minimum Gasteiger partial charge on any atom is -0.335 e. The van der Waals surface area contributed by atoms with Gasteiger partial charge < -0.3 is 9.80 Å². The molecule has 7 nitrogen and oxygen atoms in total. The third-order valence-electron chi connectivity index (χ3n) is 6.18. The van der Waals surface area contributed by atoms with Crippen molar-refractivity contribution in [1.82, 2.24) is 24.8 Å². The average molecular weight is 401 g/mol. The van der Waals surface area contributed by atoms with Crippen molar-refractivity contribution in [3.05, 3.63) is 66.2 Å². The fraction of sp³-hybridized carbons (Fsp3) is 0.348. The molecule has 1 aromatic carbocycles. The van der Waals surface area contributed by atoms with Gasteiger partial charge >= 0.3 is 0 Å². The van der Waals surface area contributed by atoms with E-state index in [0.717, 1.165) is 24.1 Å². The zero-order valence-corrected chi connectivity index (χ0v) is 16.7. The molecule has 2 saturated heterocycles. The van der Waals surface area contributed by atoms with Crippen molar-refractivity contribution in [2.24, 2.45) is 0 Å². The molecule has 1 spiro atoms. The minimum atomic E-state index is -0.780. The van der Waals surface area contributed by atoms with Crippen molar-refractivity contribution < 1.29 is 9.59 Å². The number of hydrogen-bond acceptors (Lipinski definition) is 5. The maximum Gasteiger partial charge on any atom is 0.274 e. The molecule has 0 bridgehead atoms. The van der Waals surface area contributed by atoms with Gasteiger partial charge in [-0.15, -0.1) is 0 Å². The highest BCUT2D eigenvalue weighted by atomic mass is 16.2. The van der Waals surface area contributed by atoms with Gasteiger partial charge in [0.05, 0.1) is 29.5 Å². The maximum atomic E-state index is 13.6. The standard InChI is InChI=1S/C23H23N5O2/c29-21(20-15-25-18-8-1-2-9-19(18)26-20)28-14-6-11-23(28)10-5-13-27(22(23)30)16-17-7-3-4-12-24-17/h1-4,7-9,12,15H,5-6,10-11,13-14,16H2. The molecule has 2 amide bonds. The van der Waals surface area contributed by atoms with Gasteiger partial charge in [0, 0.05) is 19.3 Å². The van der Waals surface area contributed by atoms with E-state index >= 15 is 0 Å². The van der Waals surface area contributed by atoms with Gasteiger partial charge in [-0.1, -0.05) is 18.2 Å². The molecule has 2 aliphatic heterocycles. The average Bonchev–Trinajstić information content (AvgIpc) is 3.21. The van der Waals surface area contributed by atoms with E-state index in [9.17, 15) is 9.59 Å². The first-order chi connectivity index (χ1) is 14.7. The molecular weight excluding hydrogens is 378 g/mol. The number of likely N-dealkylation sites (tertiary alicyclic amines) is 2. The van der Waals surface area contributed by atoms with Crippen LogP contribution >= 0.6 is 0 Å². The van der Waals surface area contributed by atoms with E-state index in [1.54, 1.807) is 11.1 Å². The molecule has 1 unspecified atom stereocenters. The van der Waals surface area contributed by atoms with Crippen LogP contribution in [0, 0.1) is 0 Å². The number of benzene rings is 1. The molecule has 0 N–H and O–H groups in total. The number of carbonyl (C=O) groups excluding carboxylic acids is 2. The molecule has 2 fully saturated rings. The van der Waals surface area contributed by atoms with Gasteiger partial charge in [0.1, 0.15) is 11.2 Å². The zero-order valence-electron chi connectivity index (χ0n) is 16.7. The number of hydrogen-bond donors (Lipinski definition) is 0. The number of para-hydroxylation sites is 2. The van der Waals surface area contributed by atoms with E-state index in [4.69, 9.17) is 0 Å². The van der Waals surface area contributed by atoms with E-state index in [2.05, 4.69) is 15.0 Å². The second-order valence-electron chi connectivity index (χ2n) is 7.99. The number of aromatic nitrogens is 3. The number of fused-ring (bicyclic) bond motifs is 1. The summed E-state index contributed by atoms with van der Waals surface area (Å²) in [5, 5.41) is 0. The van der Waals surface area contributed by atoms with Crippen molar-refractivity contribution in [3.63, 3.8) is 0 Å². The topological polar surface area (TPSA) is 79.3 Å². The third-order valence-corrected chi connectivity index (χ3v) is 6.18. The van der Waals surface area contributed by atoms with E-state index in [-0.39, 0.29) is 11.8 Å². The number of rotatable bonds is 3. The Morgan fingerprint density at radius 2 is 1.73 bits per heavy atom. The molecule has 2 aliphatic rings. The van der Waals surface area contributed by atoms with Gasteiger partial charge in [-0.05, 0) is 49.9 Å². The van der Waals surface area contributed by atoms with Crippen molar-refractivity contribution in [2.45, 2.75) is 37.8 Å². The molecule has 152 valence electrons. The van der Waals surface area contributed by atoms with Crippen LogP contribution in [0.4, 0.5) is 0 Å². The van der Waals surface area contributed by atoms with Gasteiger partial charge in [0.15, 0.2) is 0 Å². The summed E-state index contributed by atoms with van der Waals surface area (Å²) in [7, 11) is 0. The normalized spacial score (nSPS) is 21.5. The summed E-state index contributed by atoms with van der Waals surface area (Å²) in [5.41, 5.74) is 1.81. The van der Waals surface area contributed by atoms with Crippen LogP contribution in [0.5, 0.6) is 0 Å². The predicted molar refractivity (Wildman–Crippen MR) is 111 cm³/mol. The predicted octanol–water partition coefficient (Wildman–Crippen LogP) is 2.82. The number of amides is 2.